The maximum atomic E-state index is 4.54. The Labute approximate surface area is 134 Å². The highest BCUT2D eigenvalue weighted by Crippen LogP contribution is 2.23. The molecule has 1 N–H and O–H groups in total. The first-order valence-corrected chi connectivity index (χ1v) is 8.18. The molecule has 0 unspecified atom stereocenters. The molecule has 0 atom stereocenters. The molecule has 0 aliphatic rings. The summed E-state index contributed by atoms with van der Waals surface area (Å²) >= 11 is 3.66. The van der Waals surface area contributed by atoms with E-state index in [0.717, 1.165) is 35.4 Å². The molecule has 0 bridgehead atoms. The van der Waals surface area contributed by atoms with E-state index in [0.29, 0.717) is 6.04 Å². The lowest BCUT2D eigenvalue weighted by Crippen LogP contribution is -2.22. The van der Waals surface area contributed by atoms with Crippen LogP contribution in [-0.2, 0) is 26.6 Å². The number of nitrogens with one attached hydrogen (secondary N) is 1. The predicted octanol–water partition coefficient (Wildman–Crippen LogP) is 2.80. The molecular weight excluding hydrogens is 330 g/mol. The number of aryl methyl sites for hydroxylation is 2. The van der Waals surface area contributed by atoms with Gasteiger partial charge in [-0.2, -0.15) is 10.2 Å². The van der Waals surface area contributed by atoms with Crippen molar-refractivity contribution < 1.29 is 0 Å². The van der Waals surface area contributed by atoms with Crippen LogP contribution in [0.15, 0.2) is 10.7 Å². The largest absolute Gasteiger partial charge is 0.310 e. The fourth-order valence-corrected chi connectivity index (χ4v) is 3.01. The molecule has 116 valence electrons. The van der Waals surface area contributed by atoms with Crippen LogP contribution < -0.4 is 5.32 Å². The van der Waals surface area contributed by atoms with Gasteiger partial charge in [-0.25, -0.2) is 0 Å². The number of aromatic nitrogens is 4. The average molecular weight is 354 g/mol. The molecular formula is C15H24BrN5. The van der Waals surface area contributed by atoms with Gasteiger partial charge in [0.1, 0.15) is 0 Å². The van der Waals surface area contributed by atoms with E-state index in [9.17, 15) is 0 Å². The highest BCUT2D eigenvalue weighted by Gasteiger charge is 2.15. The summed E-state index contributed by atoms with van der Waals surface area (Å²) in [6, 6.07) is 0.478. The zero-order valence-corrected chi connectivity index (χ0v) is 15.0. The van der Waals surface area contributed by atoms with Gasteiger partial charge in [0.15, 0.2) is 0 Å². The van der Waals surface area contributed by atoms with Crippen LogP contribution in [0.4, 0.5) is 0 Å². The number of hydrogen-bond donors (Lipinski definition) is 1. The second-order valence-electron chi connectivity index (χ2n) is 5.63. The summed E-state index contributed by atoms with van der Waals surface area (Å²) in [6.45, 7) is 10.1. The Morgan fingerprint density at radius 2 is 2.10 bits per heavy atom. The minimum absolute atomic E-state index is 0.478. The summed E-state index contributed by atoms with van der Waals surface area (Å²) < 4.78 is 5.08. The molecule has 0 spiro atoms. The predicted molar refractivity (Wildman–Crippen MR) is 88.3 cm³/mol. The third kappa shape index (κ3) is 3.55. The molecule has 2 aromatic heterocycles. The quantitative estimate of drug-likeness (QED) is 0.868. The number of halogens is 1. The molecule has 0 saturated heterocycles. The van der Waals surface area contributed by atoms with Gasteiger partial charge in [0.2, 0.25) is 0 Å². The Balaban J connectivity index is 2.19. The molecule has 2 heterocycles. The third-order valence-electron chi connectivity index (χ3n) is 3.71. The van der Waals surface area contributed by atoms with E-state index in [1.54, 1.807) is 0 Å². The van der Waals surface area contributed by atoms with E-state index in [1.807, 2.05) is 22.6 Å². The van der Waals surface area contributed by atoms with Crippen molar-refractivity contribution in [1.82, 2.24) is 24.9 Å². The number of hydrogen-bond acceptors (Lipinski definition) is 3. The van der Waals surface area contributed by atoms with E-state index >= 15 is 0 Å². The van der Waals surface area contributed by atoms with Crippen molar-refractivity contribution in [1.29, 1.82) is 0 Å². The standard InChI is InChI=1S/C15H24BrN5/c1-6-13-15(16)14(20(5)19-13)9-21-11(4)12(8-18-21)7-17-10(2)3/h8,10,17H,6-7,9H2,1-5H3. The second kappa shape index (κ2) is 6.75. The van der Waals surface area contributed by atoms with Gasteiger partial charge in [0.25, 0.3) is 0 Å². The fourth-order valence-electron chi connectivity index (χ4n) is 2.27. The lowest BCUT2D eigenvalue weighted by Gasteiger charge is -2.09. The summed E-state index contributed by atoms with van der Waals surface area (Å²) in [5.41, 5.74) is 4.70. The fraction of sp³-hybridized carbons (Fsp3) is 0.600. The molecule has 0 aromatic carbocycles. The maximum Gasteiger partial charge on any atom is 0.0842 e. The highest BCUT2D eigenvalue weighted by atomic mass is 79.9. The molecule has 21 heavy (non-hydrogen) atoms. The molecule has 6 heteroatoms. The molecule has 5 nitrogen and oxygen atoms in total. The summed E-state index contributed by atoms with van der Waals surface area (Å²) in [5, 5.41) is 12.5. The van der Waals surface area contributed by atoms with E-state index in [2.05, 4.69) is 59.1 Å². The van der Waals surface area contributed by atoms with Crippen LogP contribution in [0.3, 0.4) is 0 Å². The van der Waals surface area contributed by atoms with E-state index in [-0.39, 0.29) is 0 Å². The van der Waals surface area contributed by atoms with Gasteiger partial charge in [-0.05, 0) is 29.3 Å². The first kappa shape index (κ1) is 16.2. The van der Waals surface area contributed by atoms with Gasteiger partial charge in [0.05, 0.1) is 28.6 Å². The van der Waals surface area contributed by atoms with Gasteiger partial charge in [-0.15, -0.1) is 0 Å². The second-order valence-corrected chi connectivity index (χ2v) is 6.43. The van der Waals surface area contributed by atoms with Gasteiger partial charge in [-0.3, -0.25) is 9.36 Å². The van der Waals surface area contributed by atoms with Crippen LogP contribution in [0, 0.1) is 6.92 Å². The highest BCUT2D eigenvalue weighted by molar-refractivity contribution is 9.10. The van der Waals surface area contributed by atoms with Crippen molar-refractivity contribution in [3.63, 3.8) is 0 Å². The smallest absolute Gasteiger partial charge is 0.0842 e. The average Bonchev–Trinajstić information content (AvgIpc) is 2.91. The van der Waals surface area contributed by atoms with Crippen molar-refractivity contribution in [2.24, 2.45) is 7.05 Å². The Hall–Kier alpha value is -1.14. The first-order chi connectivity index (χ1) is 9.93. The van der Waals surface area contributed by atoms with Crippen LogP contribution in [0.25, 0.3) is 0 Å². The van der Waals surface area contributed by atoms with Crippen LogP contribution >= 0.6 is 15.9 Å². The van der Waals surface area contributed by atoms with Crippen molar-refractivity contribution >= 4 is 15.9 Å². The zero-order chi connectivity index (χ0) is 15.6. The van der Waals surface area contributed by atoms with Gasteiger partial charge < -0.3 is 5.32 Å². The van der Waals surface area contributed by atoms with Crippen molar-refractivity contribution in [2.75, 3.05) is 0 Å². The molecule has 0 aliphatic carbocycles. The minimum atomic E-state index is 0.478. The minimum Gasteiger partial charge on any atom is -0.310 e. The Morgan fingerprint density at radius 3 is 2.67 bits per heavy atom. The number of nitrogens with zero attached hydrogens (tertiary/aromatic N) is 4. The van der Waals surface area contributed by atoms with Crippen molar-refractivity contribution in [2.45, 2.75) is 53.2 Å². The summed E-state index contributed by atoms with van der Waals surface area (Å²) in [4.78, 5) is 0. The Kier molecular flexibility index (Phi) is 5.22. The van der Waals surface area contributed by atoms with Crippen molar-refractivity contribution in [3.8, 4) is 0 Å². The molecule has 0 fully saturated rings. The van der Waals surface area contributed by atoms with Crippen LogP contribution in [0.2, 0.25) is 0 Å². The SMILES string of the molecule is CCc1nn(C)c(Cn2ncc(CNC(C)C)c2C)c1Br. The van der Waals surface area contributed by atoms with Gasteiger partial charge in [0, 0.05) is 30.9 Å². The van der Waals surface area contributed by atoms with Crippen LogP contribution in [0.5, 0.6) is 0 Å². The molecule has 0 saturated carbocycles. The molecule has 2 rings (SSSR count). The van der Waals surface area contributed by atoms with Crippen molar-refractivity contribution in [3.05, 3.63) is 33.3 Å². The molecule has 0 amide bonds. The lowest BCUT2D eigenvalue weighted by molar-refractivity contribution is 0.581. The molecule has 0 radical (unpaired) electrons. The first-order valence-electron chi connectivity index (χ1n) is 7.38. The van der Waals surface area contributed by atoms with Gasteiger partial charge >= 0.3 is 0 Å². The summed E-state index contributed by atoms with van der Waals surface area (Å²) in [5.74, 6) is 0. The summed E-state index contributed by atoms with van der Waals surface area (Å²) in [6.07, 6.45) is 2.88. The monoisotopic (exact) mass is 353 g/mol. The van der Waals surface area contributed by atoms with E-state index in [1.165, 1.54) is 11.3 Å². The maximum absolute atomic E-state index is 4.54. The van der Waals surface area contributed by atoms with E-state index < -0.39 is 0 Å². The Morgan fingerprint density at radius 1 is 1.38 bits per heavy atom. The normalized spacial score (nSPS) is 11.6. The van der Waals surface area contributed by atoms with Crippen LogP contribution in [0.1, 0.15) is 43.4 Å². The lowest BCUT2D eigenvalue weighted by atomic mass is 10.2. The third-order valence-corrected chi connectivity index (χ3v) is 4.62. The molecule has 2 aromatic rings. The van der Waals surface area contributed by atoms with E-state index in [4.69, 9.17) is 0 Å². The van der Waals surface area contributed by atoms with Crippen LogP contribution in [-0.4, -0.2) is 25.6 Å². The Bertz CT molecular complexity index is 612. The zero-order valence-electron chi connectivity index (χ0n) is 13.4. The molecule has 0 aliphatic heterocycles. The van der Waals surface area contributed by atoms with Gasteiger partial charge in [-0.1, -0.05) is 20.8 Å². The summed E-state index contributed by atoms with van der Waals surface area (Å²) in [7, 11) is 1.99. The number of rotatable bonds is 6. The topological polar surface area (TPSA) is 47.7 Å².